The average molecular weight is 278 g/mol. The van der Waals surface area contributed by atoms with Gasteiger partial charge in [-0.05, 0) is 31.2 Å². The van der Waals surface area contributed by atoms with E-state index in [-0.39, 0.29) is 17.1 Å². The topological polar surface area (TPSA) is 17.1 Å². The van der Waals surface area contributed by atoms with Crippen molar-refractivity contribution in [2.24, 2.45) is 0 Å². The summed E-state index contributed by atoms with van der Waals surface area (Å²) in [5.41, 5.74) is 0.699. The number of carbonyl (C=O) groups excluding carboxylic acids is 1. The summed E-state index contributed by atoms with van der Waals surface area (Å²) < 4.78 is 26.9. The van der Waals surface area contributed by atoms with Crippen LogP contribution in [0.25, 0.3) is 0 Å². The smallest absolute Gasteiger partial charge is 0.159 e. The lowest BCUT2D eigenvalue weighted by Gasteiger charge is -2.05. The van der Waals surface area contributed by atoms with E-state index in [1.54, 1.807) is 24.3 Å². The monoisotopic (exact) mass is 278 g/mol. The minimum atomic E-state index is -0.534. The van der Waals surface area contributed by atoms with Crippen molar-refractivity contribution >= 4 is 17.5 Å². The van der Waals surface area contributed by atoms with Gasteiger partial charge in [0.15, 0.2) is 5.78 Å². The van der Waals surface area contributed by atoms with Crippen LogP contribution < -0.4 is 0 Å². The molecule has 2 aromatic rings. The standard InChI is InChI=1S/C15H12F2OS/c1-10(18)11-5-7-12(8-6-11)19-9-13-14(16)3-2-4-15(13)17/h2-8H,9H2,1H3. The summed E-state index contributed by atoms with van der Waals surface area (Å²) in [6, 6.07) is 10.8. The molecule has 0 N–H and O–H groups in total. The van der Waals surface area contributed by atoms with Crippen molar-refractivity contribution < 1.29 is 13.6 Å². The number of hydrogen-bond donors (Lipinski definition) is 0. The largest absolute Gasteiger partial charge is 0.295 e. The van der Waals surface area contributed by atoms with E-state index < -0.39 is 11.6 Å². The fourth-order valence-electron chi connectivity index (χ4n) is 1.61. The van der Waals surface area contributed by atoms with Crippen LogP contribution in [-0.2, 0) is 5.75 Å². The van der Waals surface area contributed by atoms with E-state index in [0.29, 0.717) is 5.56 Å². The highest BCUT2D eigenvalue weighted by Crippen LogP contribution is 2.25. The lowest BCUT2D eigenvalue weighted by Crippen LogP contribution is -1.93. The molecule has 0 aliphatic carbocycles. The van der Waals surface area contributed by atoms with Crippen LogP contribution in [0, 0.1) is 11.6 Å². The zero-order valence-corrected chi connectivity index (χ0v) is 11.1. The van der Waals surface area contributed by atoms with Crippen molar-refractivity contribution in [3.8, 4) is 0 Å². The molecular formula is C15H12F2OS. The Hall–Kier alpha value is -1.68. The molecule has 0 aromatic heterocycles. The van der Waals surface area contributed by atoms with Gasteiger partial charge in [-0.1, -0.05) is 18.2 Å². The predicted molar refractivity (Wildman–Crippen MR) is 72.4 cm³/mol. The van der Waals surface area contributed by atoms with Gasteiger partial charge in [0.2, 0.25) is 0 Å². The molecule has 0 unspecified atom stereocenters. The van der Waals surface area contributed by atoms with E-state index >= 15 is 0 Å². The summed E-state index contributed by atoms with van der Waals surface area (Å²) in [6.07, 6.45) is 0. The highest BCUT2D eigenvalue weighted by Gasteiger charge is 2.08. The van der Waals surface area contributed by atoms with E-state index in [9.17, 15) is 13.6 Å². The number of ketones is 1. The molecular weight excluding hydrogens is 266 g/mol. The molecule has 2 rings (SSSR count). The summed E-state index contributed by atoms with van der Waals surface area (Å²) in [4.78, 5) is 12.0. The normalized spacial score (nSPS) is 10.5. The van der Waals surface area contributed by atoms with Crippen LogP contribution in [0.15, 0.2) is 47.4 Å². The minimum absolute atomic E-state index is 0.00306. The summed E-state index contributed by atoms with van der Waals surface area (Å²) in [6.45, 7) is 1.50. The molecule has 1 nitrogen and oxygen atoms in total. The van der Waals surface area contributed by atoms with Crippen molar-refractivity contribution in [1.82, 2.24) is 0 Å². The molecule has 0 saturated heterocycles. The highest BCUT2D eigenvalue weighted by molar-refractivity contribution is 7.98. The van der Waals surface area contributed by atoms with Gasteiger partial charge in [0, 0.05) is 21.8 Å². The Morgan fingerprint density at radius 3 is 2.16 bits per heavy atom. The Morgan fingerprint density at radius 2 is 1.63 bits per heavy atom. The van der Waals surface area contributed by atoms with Gasteiger partial charge >= 0.3 is 0 Å². The van der Waals surface area contributed by atoms with Gasteiger partial charge in [0.25, 0.3) is 0 Å². The Labute approximate surface area is 114 Å². The maximum Gasteiger partial charge on any atom is 0.159 e. The van der Waals surface area contributed by atoms with Gasteiger partial charge in [-0.25, -0.2) is 8.78 Å². The summed E-state index contributed by atoms with van der Waals surface area (Å²) >= 11 is 1.33. The second-order valence-corrected chi connectivity index (χ2v) is 5.12. The molecule has 0 atom stereocenters. The quantitative estimate of drug-likeness (QED) is 0.606. The first kappa shape index (κ1) is 13.7. The molecule has 0 heterocycles. The summed E-state index contributed by atoms with van der Waals surface area (Å²) in [7, 11) is 0. The molecule has 0 radical (unpaired) electrons. The fraction of sp³-hybridized carbons (Fsp3) is 0.133. The van der Waals surface area contributed by atoms with Gasteiger partial charge in [0.1, 0.15) is 11.6 Å². The maximum atomic E-state index is 13.4. The molecule has 0 spiro atoms. The number of carbonyl (C=O) groups is 1. The molecule has 0 fully saturated rings. The van der Waals surface area contributed by atoms with Crippen molar-refractivity contribution in [2.75, 3.05) is 0 Å². The Balaban J connectivity index is 2.08. The molecule has 0 aliphatic rings. The number of halogens is 2. The Kier molecular flexibility index (Phi) is 4.32. The van der Waals surface area contributed by atoms with Crippen molar-refractivity contribution in [3.63, 3.8) is 0 Å². The van der Waals surface area contributed by atoms with E-state index in [4.69, 9.17) is 0 Å². The zero-order valence-electron chi connectivity index (χ0n) is 10.3. The van der Waals surface area contributed by atoms with Crippen molar-refractivity contribution in [3.05, 3.63) is 65.2 Å². The molecule has 4 heteroatoms. The first-order chi connectivity index (χ1) is 9.08. The fourth-order valence-corrected chi connectivity index (χ4v) is 2.53. The van der Waals surface area contributed by atoms with Crippen LogP contribution in [0.5, 0.6) is 0 Å². The van der Waals surface area contributed by atoms with E-state index in [1.165, 1.54) is 36.9 Å². The summed E-state index contributed by atoms with van der Waals surface area (Å²) in [5.74, 6) is -0.852. The Morgan fingerprint density at radius 1 is 1.05 bits per heavy atom. The van der Waals surface area contributed by atoms with E-state index in [2.05, 4.69) is 0 Å². The molecule has 98 valence electrons. The first-order valence-electron chi connectivity index (χ1n) is 5.74. The van der Waals surface area contributed by atoms with Gasteiger partial charge in [-0.15, -0.1) is 11.8 Å². The van der Waals surface area contributed by atoms with Crippen LogP contribution in [0.1, 0.15) is 22.8 Å². The third-order valence-corrected chi connectivity index (χ3v) is 3.74. The first-order valence-corrected chi connectivity index (χ1v) is 6.73. The second-order valence-electron chi connectivity index (χ2n) is 4.07. The molecule has 0 bridgehead atoms. The van der Waals surface area contributed by atoms with Crippen LogP contribution >= 0.6 is 11.8 Å². The lowest BCUT2D eigenvalue weighted by atomic mass is 10.2. The lowest BCUT2D eigenvalue weighted by molar-refractivity contribution is 0.101. The summed E-state index contributed by atoms with van der Waals surface area (Å²) in [5, 5.41) is 0. The molecule has 0 saturated carbocycles. The number of Topliss-reactive ketones (excluding diaryl/α,β-unsaturated/α-hetero) is 1. The highest BCUT2D eigenvalue weighted by atomic mass is 32.2. The van der Waals surface area contributed by atoms with Crippen LogP contribution in [0.3, 0.4) is 0 Å². The number of hydrogen-bond acceptors (Lipinski definition) is 2. The van der Waals surface area contributed by atoms with E-state index in [1.807, 2.05) is 0 Å². The van der Waals surface area contributed by atoms with Crippen molar-refractivity contribution in [2.45, 2.75) is 17.6 Å². The van der Waals surface area contributed by atoms with Crippen molar-refractivity contribution in [1.29, 1.82) is 0 Å². The third-order valence-electron chi connectivity index (χ3n) is 2.71. The molecule has 0 aliphatic heterocycles. The van der Waals surface area contributed by atoms with Gasteiger partial charge in [-0.2, -0.15) is 0 Å². The molecule has 2 aromatic carbocycles. The molecule has 0 amide bonds. The number of rotatable bonds is 4. The second kappa shape index (κ2) is 5.97. The van der Waals surface area contributed by atoms with E-state index in [0.717, 1.165) is 4.90 Å². The predicted octanol–water partition coefficient (Wildman–Crippen LogP) is 4.46. The third kappa shape index (κ3) is 3.41. The van der Waals surface area contributed by atoms with Crippen LogP contribution in [0.4, 0.5) is 8.78 Å². The number of benzene rings is 2. The maximum absolute atomic E-state index is 13.4. The SMILES string of the molecule is CC(=O)c1ccc(SCc2c(F)cccc2F)cc1. The van der Waals surface area contributed by atoms with Crippen LogP contribution in [-0.4, -0.2) is 5.78 Å². The number of thioether (sulfide) groups is 1. The average Bonchev–Trinajstić information content (AvgIpc) is 2.38. The Bertz CT molecular complexity index is 573. The van der Waals surface area contributed by atoms with Gasteiger partial charge in [-0.3, -0.25) is 4.79 Å². The van der Waals surface area contributed by atoms with Gasteiger partial charge in [0.05, 0.1) is 0 Å². The zero-order chi connectivity index (χ0) is 13.8. The molecule has 19 heavy (non-hydrogen) atoms. The van der Waals surface area contributed by atoms with Gasteiger partial charge < -0.3 is 0 Å². The van der Waals surface area contributed by atoms with Crippen LogP contribution in [0.2, 0.25) is 0 Å². The minimum Gasteiger partial charge on any atom is -0.295 e.